The van der Waals surface area contributed by atoms with Gasteiger partial charge in [0.2, 0.25) is 11.8 Å². The van der Waals surface area contributed by atoms with Crippen LogP contribution < -0.4 is 4.74 Å². The van der Waals surface area contributed by atoms with Gasteiger partial charge in [-0.15, -0.1) is 0 Å². The summed E-state index contributed by atoms with van der Waals surface area (Å²) in [5.74, 6) is 0.745. The van der Waals surface area contributed by atoms with E-state index in [0.29, 0.717) is 26.4 Å². The van der Waals surface area contributed by atoms with Gasteiger partial charge in [0.1, 0.15) is 18.4 Å². The number of rotatable bonds is 4. The van der Waals surface area contributed by atoms with Crippen LogP contribution in [0.25, 0.3) is 0 Å². The van der Waals surface area contributed by atoms with Gasteiger partial charge >= 0.3 is 0 Å². The van der Waals surface area contributed by atoms with Crippen molar-refractivity contribution < 1.29 is 19.1 Å². The predicted molar refractivity (Wildman–Crippen MR) is 93.2 cm³/mol. The molecule has 2 heterocycles. The molecule has 2 fully saturated rings. The Hall–Kier alpha value is -2.08. The van der Waals surface area contributed by atoms with Crippen LogP contribution in [0.4, 0.5) is 0 Å². The van der Waals surface area contributed by atoms with Gasteiger partial charge in [0.05, 0.1) is 6.04 Å². The Balaban J connectivity index is 1.74. The van der Waals surface area contributed by atoms with Crippen molar-refractivity contribution in [1.29, 1.82) is 0 Å². The average molecular weight is 346 g/mol. The summed E-state index contributed by atoms with van der Waals surface area (Å²) in [6.07, 6.45) is 1.44. The van der Waals surface area contributed by atoms with Crippen LogP contribution in [0, 0.1) is 5.92 Å². The Bertz CT molecular complexity index is 601. The third kappa shape index (κ3) is 3.95. The zero-order valence-corrected chi connectivity index (χ0v) is 14.9. The monoisotopic (exact) mass is 346 g/mol. The molecule has 1 aromatic rings. The summed E-state index contributed by atoms with van der Waals surface area (Å²) in [5.41, 5.74) is 0. The van der Waals surface area contributed by atoms with Gasteiger partial charge < -0.3 is 19.3 Å². The number of nitrogens with zero attached hydrogens (tertiary/aromatic N) is 2. The molecule has 2 saturated heterocycles. The molecule has 0 saturated carbocycles. The Morgan fingerprint density at radius 3 is 2.60 bits per heavy atom. The lowest BCUT2D eigenvalue weighted by atomic mass is 9.95. The second kappa shape index (κ2) is 7.87. The summed E-state index contributed by atoms with van der Waals surface area (Å²) in [4.78, 5) is 28.9. The average Bonchev–Trinajstić information content (AvgIpc) is 2.65. The fraction of sp³-hybridized carbons (Fsp3) is 0.579. The summed E-state index contributed by atoms with van der Waals surface area (Å²) < 4.78 is 11.3. The summed E-state index contributed by atoms with van der Waals surface area (Å²) >= 11 is 0. The zero-order chi connectivity index (χ0) is 17.8. The van der Waals surface area contributed by atoms with E-state index in [1.165, 1.54) is 0 Å². The van der Waals surface area contributed by atoms with Gasteiger partial charge in [-0.2, -0.15) is 0 Å². The van der Waals surface area contributed by atoms with Crippen LogP contribution >= 0.6 is 0 Å². The van der Waals surface area contributed by atoms with E-state index in [0.717, 1.165) is 18.6 Å². The molecule has 25 heavy (non-hydrogen) atoms. The molecule has 0 spiro atoms. The normalized spacial score (nSPS) is 25.1. The maximum Gasteiger partial charge on any atom is 0.244 e. The molecule has 0 radical (unpaired) electrons. The van der Waals surface area contributed by atoms with Gasteiger partial charge in [0.15, 0.2) is 0 Å². The Morgan fingerprint density at radius 1 is 1.24 bits per heavy atom. The van der Waals surface area contributed by atoms with E-state index in [9.17, 15) is 9.59 Å². The molecule has 0 aromatic heterocycles. The van der Waals surface area contributed by atoms with Crippen LogP contribution in [0.5, 0.6) is 5.75 Å². The van der Waals surface area contributed by atoms with Crippen molar-refractivity contribution in [2.24, 2.45) is 5.92 Å². The van der Waals surface area contributed by atoms with E-state index in [1.807, 2.05) is 37.3 Å². The lowest BCUT2D eigenvalue weighted by Crippen LogP contribution is -2.64. The molecule has 0 N–H and O–H groups in total. The van der Waals surface area contributed by atoms with Gasteiger partial charge in [-0.25, -0.2) is 0 Å². The lowest BCUT2D eigenvalue weighted by molar-refractivity contribution is -0.159. The van der Waals surface area contributed by atoms with Crippen molar-refractivity contribution in [1.82, 2.24) is 9.80 Å². The van der Waals surface area contributed by atoms with Crippen molar-refractivity contribution in [2.45, 2.75) is 31.8 Å². The Kier molecular flexibility index (Phi) is 5.58. The molecule has 0 bridgehead atoms. The first-order valence-corrected chi connectivity index (χ1v) is 8.90. The Morgan fingerprint density at radius 2 is 1.92 bits per heavy atom. The molecular formula is C19H26N2O4. The minimum absolute atomic E-state index is 0.0172. The molecule has 0 unspecified atom stereocenters. The maximum absolute atomic E-state index is 13.1. The zero-order valence-electron chi connectivity index (χ0n) is 14.9. The smallest absolute Gasteiger partial charge is 0.244 e. The topological polar surface area (TPSA) is 59.1 Å². The van der Waals surface area contributed by atoms with Crippen molar-refractivity contribution in [3.8, 4) is 5.75 Å². The van der Waals surface area contributed by atoms with Gasteiger partial charge in [0.25, 0.3) is 0 Å². The van der Waals surface area contributed by atoms with Crippen molar-refractivity contribution >= 4 is 11.8 Å². The molecule has 6 heteroatoms. The number of piperazine rings is 1. The second-order valence-electron chi connectivity index (χ2n) is 6.80. The number of ether oxygens (including phenoxy) is 2. The number of para-hydroxylation sites is 1. The van der Waals surface area contributed by atoms with Crippen molar-refractivity contribution in [3.05, 3.63) is 30.3 Å². The largest absolute Gasteiger partial charge is 0.491 e. The van der Waals surface area contributed by atoms with Crippen LogP contribution in [-0.4, -0.2) is 67.1 Å². The van der Waals surface area contributed by atoms with Crippen LogP contribution in [0.2, 0.25) is 0 Å². The van der Waals surface area contributed by atoms with Crippen LogP contribution in [0.1, 0.15) is 19.8 Å². The van der Waals surface area contributed by atoms with E-state index in [1.54, 1.807) is 16.8 Å². The quantitative estimate of drug-likeness (QED) is 0.830. The van der Waals surface area contributed by atoms with E-state index in [4.69, 9.17) is 9.47 Å². The van der Waals surface area contributed by atoms with E-state index in [-0.39, 0.29) is 23.8 Å². The molecular weight excluding hydrogens is 320 g/mol. The van der Waals surface area contributed by atoms with E-state index in [2.05, 4.69) is 0 Å². The maximum atomic E-state index is 13.1. The fourth-order valence-corrected chi connectivity index (χ4v) is 3.62. The SMILES string of the molecule is C[C@H]1C(=O)N(C)C[C@@H](COc2ccccc2)N1C(=O)C1CCOCC1. The highest BCUT2D eigenvalue weighted by Gasteiger charge is 2.42. The predicted octanol–water partition coefficient (Wildman–Crippen LogP) is 1.55. The third-order valence-corrected chi connectivity index (χ3v) is 5.04. The molecule has 2 aliphatic heterocycles. The number of carbonyl (C=O) groups excluding carboxylic acids is 2. The summed E-state index contributed by atoms with van der Waals surface area (Å²) in [5, 5.41) is 0. The number of hydrogen-bond acceptors (Lipinski definition) is 4. The molecule has 0 aliphatic carbocycles. The van der Waals surface area contributed by atoms with Crippen LogP contribution in [-0.2, 0) is 14.3 Å². The highest BCUT2D eigenvalue weighted by molar-refractivity contribution is 5.89. The fourth-order valence-electron chi connectivity index (χ4n) is 3.62. The van der Waals surface area contributed by atoms with Gasteiger partial charge in [-0.1, -0.05) is 18.2 Å². The van der Waals surface area contributed by atoms with E-state index >= 15 is 0 Å². The number of benzene rings is 1. The highest BCUT2D eigenvalue weighted by Crippen LogP contribution is 2.25. The molecule has 6 nitrogen and oxygen atoms in total. The number of amides is 2. The molecule has 1 aromatic carbocycles. The minimum atomic E-state index is -0.460. The second-order valence-corrected chi connectivity index (χ2v) is 6.80. The summed E-state index contributed by atoms with van der Waals surface area (Å²) in [6, 6.07) is 8.95. The summed E-state index contributed by atoms with van der Waals surface area (Å²) in [7, 11) is 1.78. The first-order valence-electron chi connectivity index (χ1n) is 8.90. The molecule has 2 aliphatic rings. The first-order chi connectivity index (χ1) is 12.1. The van der Waals surface area contributed by atoms with Gasteiger partial charge in [0, 0.05) is 32.7 Å². The van der Waals surface area contributed by atoms with Gasteiger partial charge in [-0.3, -0.25) is 9.59 Å². The van der Waals surface area contributed by atoms with Crippen molar-refractivity contribution in [2.75, 3.05) is 33.4 Å². The van der Waals surface area contributed by atoms with Crippen molar-refractivity contribution in [3.63, 3.8) is 0 Å². The molecule has 136 valence electrons. The number of likely N-dealkylation sites (N-methyl/N-ethyl adjacent to an activating group) is 1. The molecule has 2 atom stereocenters. The highest BCUT2D eigenvalue weighted by atomic mass is 16.5. The molecule has 3 rings (SSSR count). The van der Waals surface area contributed by atoms with E-state index < -0.39 is 6.04 Å². The van der Waals surface area contributed by atoms with Gasteiger partial charge in [-0.05, 0) is 31.9 Å². The lowest BCUT2D eigenvalue weighted by Gasteiger charge is -2.45. The third-order valence-electron chi connectivity index (χ3n) is 5.04. The first kappa shape index (κ1) is 17.7. The standard InChI is InChI=1S/C19H26N2O4/c1-14-18(22)20(2)12-16(13-25-17-6-4-3-5-7-17)21(14)19(23)15-8-10-24-11-9-15/h3-7,14-16H,8-13H2,1-2H3/t14-,16-/m0/s1. The molecule has 2 amide bonds. The number of hydrogen-bond donors (Lipinski definition) is 0. The van der Waals surface area contributed by atoms with Crippen LogP contribution in [0.15, 0.2) is 30.3 Å². The summed E-state index contributed by atoms with van der Waals surface area (Å²) in [6.45, 7) is 3.89. The minimum Gasteiger partial charge on any atom is -0.491 e. The Labute approximate surface area is 148 Å². The van der Waals surface area contributed by atoms with Crippen LogP contribution in [0.3, 0.4) is 0 Å². The number of carbonyl (C=O) groups is 2.